The number of aryl methyl sites for hydroxylation is 1. The third-order valence-corrected chi connectivity index (χ3v) is 8.45. The molecule has 11 nitrogen and oxygen atoms in total. The molecule has 1 atom stereocenters. The van der Waals surface area contributed by atoms with Crippen LogP contribution in [-0.2, 0) is 21.3 Å². The number of halogens is 2. The molecule has 5 rings (SSSR count). The molecule has 41 heavy (non-hydrogen) atoms. The lowest BCUT2D eigenvalue weighted by molar-refractivity contribution is -0.102. The van der Waals surface area contributed by atoms with Crippen LogP contribution < -0.4 is 10.1 Å². The molecule has 1 aliphatic rings. The minimum Gasteiger partial charge on any atom is -0.477 e. The van der Waals surface area contributed by atoms with Crippen molar-refractivity contribution >= 4 is 46.2 Å². The second-order valence-electron chi connectivity index (χ2n) is 9.49. The van der Waals surface area contributed by atoms with Gasteiger partial charge in [-0.1, -0.05) is 17.7 Å². The second-order valence-corrected chi connectivity index (χ2v) is 11.3. The van der Waals surface area contributed by atoms with Crippen molar-refractivity contribution in [3.8, 4) is 5.88 Å². The molecule has 0 bridgehead atoms. The van der Waals surface area contributed by atoms with Crippen molar-refractivity contribution in [2.24, 2.45) is 0 Å². The minimum atomic E-state index is -3.93. The van der Waals surface area contributed by atoms with Crippen LogP contribution in [0, 0.1) is 13.8 Å². The molecule has 0 saturated carbocycles. The van der Waals surface area contributed by atoms with Gasteiger partial charge in [0.15, 0.2) is 5.65 Å². The van der Waals surface area contributed by atoms with Crippen molar-refractivity contribution in [2.75, 3.05) is 38.2 Å². The molecular formula is C26H33F2N7O4S2. The molecule has 15 heteroatoms. The fraction of sp³-hybridized carbons (Fsp3) is 0.423. The average molecular weight is 610 g/mol. The van der Waals surface area contributed by atoms with E-state index in [0.29, 0.717) is 37.3 Å². The van der Waals surface area contributed by atoms with Crippen molar-refractivity contribution in [3.05, 3.63) is 54.0 Å². The standard InChI is InChI=1S/C26H31F2N7O4S.H2S/c1-4-38-25-20-9-10-35(40(36,37)19-7-5-17(2)6-8-19)24(20)31-26(32-25)30-21-15-29-34(18(21)3)12-11-33-13-14-39-22(16-33)23(27)28;/h5-10,15,22-23H,4,11-14,16H2,1-3H3,(H,30,31,32);1H2/t22-;/m0./s1. The zero-order chi connectivity index (χ0) is 28.4. The number of morpholine rings is 1. The molecule has 3 aromatic heterocycles. The third kappa shape index (κ3) is 6.47. The molecule has 4 heterocycles. The average Bonchev–Trinajstić information content (AvgIpc) is 3.52. The summed E-state index contributed by atoms with van der Waals surface area (Å²) >= 11 is 0. The summed E-state index contributed by atoms with van der Waals surface area (Å²) < 4.78 is 66.7. The van der Waals surface area contributed by atoms with Crippen LogP contribution in [0.15, 0.2) is 47.6 Å². The normalized spacial score (nSPS) is 16.2. The number of hydrogen-bond acceptors (Lipinski definition) is 9. The van der Waals surface area contributed by atoms with Gasteiger partial charge in [-0.3, -0.25) is 9.58 Å². The Kier molecular flexibility index (Phi) is 9.51. The first kappa shape index (κ1) is 30.7. The highest BCUT2D eigenvalue weighted by Crippen LogP contribution is 2.30. The molecule has 0 radical (unpaired) electrons. The van der Waals surface area contributed by atoms with Crippen LogP contribution >= 0.6 is 13.5 Å². The molecule has 1 fully saturated rings. The van der Waals surface area contributed by atoms with Crippen LogP contribution in [-0.4, -0.2) is 82.4 Å². The maximum Gasteiger partial charge on any atom is 0.269 e. The van der Waals surface area contributed by atoms with Gasteiger partial charge in [-0.25, -0.2) is 21.2 Å². The van der Waals surface area contributed by atoms with Gasteiger partial charge in [0.25, 0.3) is 16.4 Å². The Morgan fingerprint density at radius 2 is 1.90 bits per heavy atom. The number of nitrogens with one attached hydrogen (secondary N) is 1. The van der Waals surface area contributed by atoms with Crippen LogP contribution in [0.5, 0.6) is 5.88 Å². The van der Waals surface area contributed by atoms with E-state index in [-0.39, 0.29) is 49.0 Å². The Labute approximate surface area is 244 Å². The third-order valence-electron chi connectivity index (χ3n) is 6.77. The van der Waals surface area contributed by atoms with Gasteiger partial charge >= 0.3 is 0 Å². The van der Waals surface area contributed by atoms with Crippen LogP contribution in [0.4, 0.5) is 20.4 Å². The van der Waals surface area contributed by atoms with E-state index in [1.54, 1.807) is 41.2 Å². The molecule has 1 N–H and O–H groups in total. The molecule has 1 saturated heterocycles. The molecule has 222 valence electrons. The second kappa shape index (κ2) is 12.7. The lowest BCUT2D eigenvalue weighted by Gasteiger charge is -2.32. The predicted octanol–water partition coefficient (Wildman–Crippen LogP) is 3.70. The van der Waals surface area contributed by atoms with Crippen LogP contribution in [0.1, 0.15) is 18.2 Å². The highest BCUT2D eigenvalue weighted by atomic mass is 32.2. The van der Waals surface area contributed by atoms with E-state index < -0.39 is 22.6 Å². The van der Waals surface area contributed by atoms with Crippen molar-refractivity contribution in [2.45, 2.75) is 44.7 Å². The van der Waals surface area contributed by atoms with E-state index in [1.807, 2.05) is 25.7 Å². The lowest BCUT2D eigenvalue weighted by atomic mass is 10.2. The molecule has 1 aliphatic heterocycles. The van der Waals surface area contributed by atoms with Crippen molar-refractivity contribution in [3.63, 3.8) is 0 Å². The Morgan fingerprint density at radius 3 is 2.61 bits per heavy atom. The highest BCUT2D eigenvalue weighted by molar-refractivity contribution is 7.90. The van der Waals surface area contributed by atoms with Gasteiger partial charge in [0.05, 0.1) is 47.6 Å². The van der Waals surface area contributed by atoms with Gasteiger partial charge in [-0.2, -0.15) is 28.6 Å². The van der Waals surface area contributed by atoms with Gasteiger partial charge in [-0.05, 0) is 39.0 Å². The summed E-state index contributed by atoms with van der Waals surface area (Å²) in [5.41, 5.74) is 2.52. The van der Waals surface area contributed by atoms with Gasteiger partial charge < -0.3 is 14.8 Å². The Hall–Kier alpha value is -3.27. The fourth-order valence-electron chi connectivity index (χ4n) is 4.52. The fourth-order valence-corrected chi connectivity index (χ4v) is 5.82. The van der Waals surface area contributed by atoms with Crippen molar-refractivity contribution in [1.29, 1.82) is 0 Å². The molecule has 0 unspecified atom stereocenters. The van der Waals surface area contributed by atoms with E-state index >= 15 is 0 Å². The monoisotopic (exact) mass is 609 g/mol. The molecule has 0 aliphatic carbocycles. The predicted molar refractivity (Wildman–Crippen MR) is 155 cm³/mol. The number of alkyl halides is 2. The number of benzene rings is 1. The number of nitrogens with zero attached hydrogens (tertiary/aromatic N) is 6. The lowest BCUT2D eigenvalue weighted by Crippen LogP contribution is -2.46. The number of fused-ring (bicyclic) bond motifs is 1. The molecule has 4 aromatic rings. The van der Waals surface area contributed by atoms with E-state index in [2.05, 4.69) is 20.4 Å². The van der Waals surface area contributed by atoms with Crippen LogP contribution in [0.3, 0.4) is 0 Å². The Morgan fingerprint density at radius 1 is 1.15 bits per heavy atom. The summed E-state index contributed by atoms with van der Waals surface area (Å²) in [5.74, 6) is 0.393. The van der Waals surface area contributed by atoms with Crippen molar-refractivity contribution < 1.29 is 26.7 Å². The zero-order valence-electron chi connectivity index (χ0n) is 22.9. The summed E-state index contributed by atoms with van der Waals surface area (Å²) in [6, 6.07) is 8.21. The maximum atomic E-state index is 13.5. The summed E-state index contributed by atoms with van der Waals surface area (Å²) in [5, 5.41) is 8.02. The van der Waals surface area contributed by atoms with Crippen LogP contribution in [0.25, 0.3) is 11.0 Å². The maximum absolute atomic E-state index is 13.5. The first-order valence-electron chi connectivity index (χ1n) is 12.9. The minimum absolute atomic E-state index is 0. The number of hydrogen-bond donors (Lipinski definition) is 1. The van der Waals surface area contributed by atoms with E-state index in [1.165, 1.54) is 6.20 Å². The smallest absolute Gasteiger partial charge is 0.269 e. The van der Waals surface area contributed by atoms with Gasteiger partial charge in [-0.15, -0.1) is 0 Å². The summed E-state index contributed by atoms with van der Waals surface area (Å²) in [7, 11) is -3.93. The van der Waals surface area contributed by atoms with E-state index in [9.17, 15) is 17.2 Å². The van der Waals surface area contributed by atoms with E-state index in [4.69, 9.17) is 9.47 Å². The zero-order valence-corrected chi connectivity index (χ0v) is 24.7. The number of aromatic nitrogens is 5. The Balaban J connectivity index is 0.00000387. The SMILES string of the molecule is CCOc1nc(Nc2cnn(CCN3CCO[C@H](C(F)F)C3)c2C)nc2c1ccn2S(=O)(=O)c1ccc(C)cc1.S. The number of anilines is 2. The Bertz CT molecular complexity index is 1590. The number of ether oxygens (including phenoxy) is 2. The largest absolute Gasteiger partial charge is 0.477 e. The highest BCUT2D eigenvalue weighted by Gasteiger charge is 2.28. The van der Waals surface area contributed by atoms with E-state index in [0.717, 1.165) is 15.2 Å². The number of rotatable bonds is 10. The summed E-state index contributed by atoms with van der Waals surface area (Å²) in [6.07, 6.45) is -0.539. The summed E-state index contributed by atoms with van der Waals surface area (Å²) in [6.45, 7) is 7.93. The summed E-state index contributed by atoms with van der Waals surface area (Å²) in [4.78, 5) is 11.1. The van der Waals surface area contributed by atoms with Gasteiger partial charge in [0.1, 0.15) is 6.10 Å². The van der Waals surface area contributed by atoms with Crippen molar-refractivity contribution in [1.82, 2.24) is 28.6 Å². The van der Waals surface area contributed by atoms with Gasteiger partial charge in [0, 0.05) is 25.8 Å². The molecular weight excluding hydrogens is 576 g/mol. The first-order valence-corrected chi connectivity index (χ1v) is 14.4. The first-order chi connectivity index (χ1) is 19.2. The topological polar surface area (TPSA) is 116 Å². The molecule has 0 spiro atoms. The molecule has 0 amide bonds. The quantitative estimate of drug-likeness (QED) is 0.287. The van der Waals surface area contributed by atoms with Crippen LogP contribution in [0.2, 0.25) is 0 Å². The molecule has 1 aromatic carbocycles. The van der Waals surface area contributed by atoms with Gasteiger partial charge in [0.2, 0.25) is 11.8 Å².